The molecule has 100 valence electrons. The van der Waals surface area contributed by atoms with Crippen molar-refractivity contribution < 1.29 is 0 Å². The van der Waals surface area contributed by atoms with Gasteiger partial charge < -0.3 is 10.2 Å². The first-order valence-electron chi connectivity index (χ1n) is 7.22. The molecule has 0 bridgehead atoms. The largest absolute Gasteiger partial charge is 0.371 e. The van der Waals surface area contributed by atoms with Crippen LogP contribution < -0.4 is 10.2 Å². The molecular weight excluding hydrogens is 220 g/mol. The van der Waals surface area contributed by atoms with Crippen LogP contribution in [0.3, 0.4) is 0 Å². The van der Waals surface area contributed by atoms with Crippen molar-refractivity contribution in [2.75, 3.05) is 24.5 Å². The molecule has 0 spiro atoms. The van der Waals surface area contributed by atoms with E-state index in [1.165, 1.54) is 42.7 Å². The molecule has 0 unspecified atom stereocenters. The van der Waals surface area contributed by atoms with Crippen LogP contribution in [-0.4, -0.2) is 19.6 Å². The lowest BCUT2D eigenvalue weighted by molar-refractivity contribution is 0.552. The van der Waals surface area contributed by atoms with E-state index in [1.807, 2.05) is 0 Å². The minimum atomic E-state index is 0.718. The maximum Gasteiger partial charge on any atom is 0.0396 e. The van der Waals surface area contributed by atoms with Crippen molar-refractivity contribution in [3.8, 4) is 0 Å². The number of rotatable bonds is 5. The second-order valence-corrected chi connectivity index (χ2v) is 5.84. The molecule has 0 saturated carbocycles. The lowest BCUT2D eigenvalue weighted by Crippen LogP contribution is -2.20. The van der Waals surface area contributed by atoms with E-state index in [1.54, 1.807) is 0 Å². The molecular formula is C16H26N2. The molecule has 0 atom stereocenters. The summed E-state index contributed by atoms with van der Waals surface area (Å²) < 4.78 is 0. The summed E-state index contributed by atoms with van der Waals surface area (Å²) in [7, 11) is 0. The Morgan fingerprint density at radius 1 is 1.22 bits per heavy atom. The van der Waals surface area contributed by atoms with Gasteiger partial charge in [-0.3, -0.25) is 0 Å². The average molecular weight is 246 g/mol. The minimum Gasteiger partial charge on any atom is -0.371 e. The molecule has 0 amide bonds. The second kappa shape index (κ2) is 6.24. The molecule has 1 N–H and O–H groups in total. The zero-order valence-electron chi connectivity index (χ0n) is 12.0. The van der Waals surface area contributed by atoms with Gasteiger partial charge in [0.15, 0.2) is 0 Å². The minimum absolute atomic E-state index is 0.718. The summed E-state index contributed by atoms with van der Waals surface area (Å²) in [5.74, 6) is 0.718. The smallest absolute Gasteiger partial charge is 0.0396 e. The van der Waals surface area contributed by atoms with Gasteiger partial charge in [0, 0.05) is 25.3 Å². The van der Waals surface area contributed by atoms with Crippen LogP contribution in [-0.2, 0) is 6.54 Å². The SMILES string of the molecule is Cc1cc(CNCC(C)C)ccc1N1CCCC1. The topological polar surface area (TPSA) is 15.3 Å². The monoisotopic (exact) mass is 246 g/mol. The summed E-state index contributed by atoms with van der Waals surface area (Å²) in [5, 5.41) is 3.50. The molecule has 1 fully saturated rings. The van der Waals surface area contributed by atoms with Gasteiger partial charge in [-0.05, 0) is 49.4 Å². The maximum absolute atomic E-state index is 3.50. The summed E-state index contributed by atoms with van der Waals surface area (Å²) in [6.45, 7) is 11.3. The van der Waals surface area contributed by atoms with Gasteiger partial charge in [0.25, 0.3) is 0 Å². The van der Waals surface area contributed by atoms with Gasteiger partial charge in [0.05, 0.1) is 0 Å². The van der Waals surface area contributed by atoms with Crippen molar-refractivity contribution in [3.05, 3.63) is 29.3 Å². The molecule has 1 aromatic carbocycles. The second-order valence-electron chi connectivity index (χ2n) is 5.84. The highest BCUT2D eigenvalue weighted by molar-refractivity contribution is 5.55. The Kier molecular flexibility index (Phi) is 4.65. The Bertz CT molecular complexity index is 379. The van der Waals surface area contributed by atoms with Crippen molar-refractivity contribution >= 4 is 5.69 Å². The molecule has 1 heterocycles. The molecule has 1 aliphatic rings. The predicted molar refractivity (Wildman–Crippen MR) is 79.2 cm³/mol. The zero-order valence-corrected chi connectivity index (χ0v) is 12.0. The number of anilines is 1. The van der Waals surface area contributed by atoms with E-state index in [0.29, 0.717) is 0 Å². The van der Waals surface area contributed by atoms with Crippen LogP contribution in [0, 0.1) is 12.8 Å². The molecule has 0 aliphatic carbocycles. The van der Waals surface area contributed by atoms with Gasteiger partial charge >= 0.3 is 0 Å². The summed E-state index contributed by atoms with van der Waals surface area (Å²) >= 11 is 0. The molecule has 2 rings (SSSR count). The van der Waals surface area contributed by atoms with Crippen molar-refractivity contribution in [3.63, 3.8) is 0 Å². The third-order valence-corrected chi connectivity index (χ3v) is 3.59. The molecule has 1 aromatic rings. The van der Waals surface area contributed by atoms with Crippen LogP contribution in [0.15, 0.2) is 18.2 Å². The highest BCUT2D eigenvalue weighted by Crippen LogP contribution is 2.24. The van der Waals surface area contributed by atoms with E-state index in [9.17, 15) is 0 Å². The fraction of sp³-hybridized carbons (Fsp3) is 0.625. The number of benzene rings is 1. The molecule has 2 nitrogen and oxygen atoms in total. The maximum atomic E-state index is 3.50. The fourth-order valence-electron chi connectivity index (χ4n) is 2.65. The molecule has 2 heteroatoms. The van der Waals surface area contributed by atoms with Gasteiger partial charge in [0.1, 0.15) is 0 Å². The van der Waals surface area contributed by atoms with Gasteiger partial charge in [-0.2, -0.15) is 0 Å². The van der Waals surface area contributed by atoms with Gasteiger partial charge in [-0.25, -0.2) is 0 Å². The number of aryl methyl sites for hydroxylation is 1. The van der Waals surface area contributed by atoms with Crippen molar-refractivity contribution in [1.82, 2.24) is 5.32 Å². The normalized spacial score (nSPS) is 15.7. The van der Waals surface area contributed by atoms with E-state index in [4.69, 9.17) is 0 Å². The van der Waals surface area contributed by atoms with Crippen molar-refractivity contribution in [2.45, 2.75) is 40.2 Å². The molecule has 1 aliphatic heterocycles. The summed E-state index contributed by atoms with van der Waals surface area (Å²) in [5.41, 5.74) is 4.25. The Morgan fingerprint density at radius 2 is 1.94 bits per heavy atom. The van der Waals surface area contributed by atoms with Crippen LogP contribution in [0.25, 0.3) is 0 Å². The standard InChI is InChI=1S/C16H26N2/c1-13(2)11-17-12-15-6-7-16(14(3)10-15)18-8-4-5-9-18/h6-7,10,13,17H,4-5,8-9,11-12H2,1-3H3. The van der Waals surface area contributed by atoms with Crippen LogP contribution in [0.2, 0.25) is 0 Å². The highest BCUT2D eigenvalue weighted by atomic mass is 15.1. The molecule has 0 radical (unpaired) electrons. The first kappa shape index (κ1) is 13.4. The summed E-state index contributed by atoms with van der Waals surface area (Å²) in [6.07, 6.45) is 2.69. The van der Waals surface area contributed by atoms with Crippen LogP contribution in [0.5, 0.6) is 0 Å². The van der Waals surface area contributed by atoms with E-state index < -0.39 is 0 Å². The number of hydrogen-bond donors (Lipinski definition) is 1. The Balaban J connectivity index is 1.96. The van der Waals surface area contributed by atoms with Gasteiger partial charge in [0.2, 0.25) is 0 Å². The third-order valence-electron chi connectivity index (χ3n) is 3.59. The Morgan fingerprint density at radius 3 is 2.56 bits per heavy atom. The van der Waals surface area contributed by atoms with Gasteiger partial charge in [-0.15, -0.1) is 0 Å². The number of nitrogens with zero attached hydrogens (tertiary/aromatic N) is 1. The summed E-state index contributed by atoms with van der Waals surface area (Å²) in [6, 6.07) is 6.90. The first-order valence-corrected chi connectivity index (χ1v) is 7.22. The zero-order chi connectivity index (χ0) is 13.0. The highest BCUT2D eigenvalue weighted by Gasteiger charge is 2.14. The number of nitrogens with one attached hydrogen (secondary N) is 1. The summed E-state index contributed by atoms with van der Waals surface area (Å²) in [4.78, 5) is 2.51. The lowest BCUT2D eigenvalue weighted by atomic mass is 10.1. The Hall–Kier alpha value is -1.02. The molecule has 18 heavy (non-hydrogen) atoms. The third kappa shape index (κ3) is 3.49. The van der Waals surface area contributed by atoms with Crippen LogP contribution in [0.1, 0.15) is 37.8 Å². The quantitative estimate of drug-likeness (QED) is 0.857. The van der Waals surface area contributed by atoms with Crippen LogP contribution in [0.4, 0.5) is 5.69 Å². The predicted octanol–water partition coefficient (Wildman–Crippen LogP) is 3.34. The van der Waals surface area contributed by atoms with Gasteiger partial charge in [-0.1, -0.05) is 26.0 Å². The number of hydrogen-bond acceptors (Lipinski definition) is 2. The molecule has 0 aromatic heterocycles. The first-order chi connectivity index (χ1) is 8.66. The van der Waals surface area contributed by atoms with E-state index in [2.05, 4.69) is 49.2 Å². The van der Waals surface area contributed by atoms with Crippen LogP contribution >= 0.6 is 0 Å². The van der Waals surface area contributed by atoms with E-state index in [0.717, 1.165) is 19.0 Å². The molecule has 1 saturated heterocycles. The van der Waals surface area contributed by atoms with Crippen molar-refractivity contribution in [1.29, 1.82) is 0 Å². The fourth-order valence-corrected chi connectivity index (χ4v) is 2.65. The van der Waals surface area contributed by atoms with E-state index >= 15 is 0 Å². The van der Waals surface area contributed by atoms with E-state index in [-0.39, 0.29) is 0 Å². The average Bonchev–Trinajstić information content (AvgIpc) is 2.82. The lowest BCUT2D eigenvalue weighted by Gasteiger charge is -2.20. The Labute approximate surface area is 111 Å². The van der Waals surface area contributed by atoms with Crippen molar-refractivity contribution in [2.24, 2.45) is 5.92 Å².